The van der Waals surface area contributed by atoms with Crippen LogP contribution in [-0.2, 0) is 20.0 Å². The fourth-order valence-corrected chi connectivity index (χ4v) is 1.44. The molecule has 2 rings (SSSR count). The van der Waals surface area contributed by atoms with E-state index in [1.54, 1.807) is 6.20 Å². The highest BCUT2D eigenvalue weighted by Gasteiger charge is 2.03. The lowest BCUT2D eigenvalue weighted by Crippen LogP contribution is -2.19. The summed E-state index contributed by atoms with van der Waals surface area (Å²) in [5.74, 6) is 1.60. The summed E-state index contributed by atoms with van der Waals surface area (Å²) >= 11 is 5.86. The van der Waals surface area contributed by atoms with Crippen molar-refractivity contribution in [2.45, 2.75) is 13.0 Å². The Morgan fingerprint density at radius 2 is 2.38 bits per heavy atom. The summed E-state index contributed by atoms with van der Waals surface area (Å²) in [5, 5.41) is 7.58. The lowest BCUT2D eigenvalue weighted by molar-refractivity contribution is 0.409. The van der Waals surface area contributed by atoms with Crippen molar-refractivity contribution in [3.8, 4) is 0 Å². The van der Waals surface area contributed by atoms with E-state index in [1.807, 2.05) is 11.6 Å². The Hall–Kier alpha value is -1.40. The molecule has 0 radical (unpaired) electrons. The molecule has 7 heteroatoms. The Bertz CT molecular complexity index is 439. The van der Waals surface area contributed by atoms with E-state index in [2.05, 4.69) is 25.0 Å². The molecular weight excluding hydrogens is 230 g/mol. The third-order valence-corrected chi connectivity index (χ3v) is 2.59. The number of nitrogens with one attached hydrogen (secondary N) is 1. The fourth-order valence-electron chi connectivity index (χ4n) is 1.29. The van der Waals surface area contributed by atoms with Crippen LogP contribution in [0.15, 0.2) is 17.1 Å². The van der Waals surface area contributed by atoms with Gasteiger partial charge in [-0.1, -0.05) is 16.8 Å². The maximum absolute atomic E-state index is 5.86. The molecule has 0 unspecified atom stereocenters. The number of halogens is 1. The Morgan fingerprint density at radius 1 is 1.50 bits per heavy atom. The molecule has 0 saturated carbocycles. The number of rotatable bonds is 5. The molecule has 0 spiro atoms. The van der Waals surface area contributed by atoms with Crippen molar-refractivity contribution >= 4 is 11.6 Å². The largest absolute Gasteiger partial charge is 0.343 e. The average Bonchev–Trinajstić information content (AvgIpc) is 2.88. The van der Waals surface area contributed by atoms with Gasteiger partial charge in [-0.3, -0.25) is 0 Å². The van der Waals surface area contributed by atoms with Crippen LogP contribution < -0.4 is 5.32 Å². The maximum atomic E-state index is 5.86. The number of imidazole rings is 1. The van der Waals surface area contributed by atoms with E-state index in [0.29, 0.717) is 17.5 Å². The monoisotopic (exact) mass is 241 g/mol. The zero-order chi connectivity index (χ0) is 11.4. The minimum atomic E-state index is 0.634. The predicted molar refractivity (Wildman–Crippen MR) is 57.9 cm³/mol. The second kappa shape index (κ2) is 5.09. The number of aromatic nitrogens is 4. The van der Waals surface area contributed by atoms with Crippen molar-refractivity contribution in [3.05, 3.63) is 29.4 Å². The van der Waals surface area contributed by atoms with E-state index in [0.717, 1.165) is 18.8 Å². The SMILES string of the molecule is Cn1c(Cl)cnc1CNCCc1ncon1. The second-order valence-corrected chi connectivity index (χ2v) is 3.72. The molecule has 0 aliphatic heterocycles. The highest BCUT2D eigenvalue weighted by atomic mass is 35.5. The molecule has 0 saturated heterocycles. The van der Waals surface area contributed by atoms with Crippen molar-refractivity contribution in [1.29, 1.82) is 0 Å². The van der Waals surface area contributed by atoms with E-state index in [1.165, 1.54) is 6.39 Å². The smallest absolute Gasteiger partial charge is 0.213 e. The minimum absolute atomic E-state index is 0.634. The van der Waals surface area contributed by atoms with Crippen molar-refractivity contribution in [1.82, 2.24) is 25.0 Å². The molecule has 86 valence electrons. The molecule has 2 aromatic heterocycles. The van der Waals surface area contributed by atoms with Crippen molar-refractivity contribution < 1.29 is 4.52 Å². The third kappa shape index (κ3) is 2.59. The molecular formula is C9H12ClN5O. The van der Waals surface area contributed by atoms with Crippen molar-refractivity contribution in [2.24, 2.45) is 7.05 Å². The van der Waals surface area contributed by atoms with Crippen LogP contribution in [0.5, 0.6) is 0 Å². The van der Waals surface area contributed by atoms with E-state index in [9.17, 15) is 0 Å². The van der Waals surface area contributed by atoms with Crippen LogP contribution in [-0.4, -0.2) is 26.2 Å². The molecule has 0 bridgehead atoms. The van der Waals surface area contributed by atoms with Crippen LogP contribution >= 0.6 is 11.6 Å². The van der Waals surface area contributed by atoms with Gasteiger partial charge in [-0.05, 0) is 0 Å². The first kappa shape index (κ1) is 11.1. The van der Waals surface area contributed by atoms with Gasteiger partial charge in [0.05, 0.1) is 12.7 Å². The maximum Gasteiger partial charge on any atom is 0.213 e. The number of hydrogen-bond acceptors (Lipinski definition) is 5. The van der Waals surface area contributed by atoms with Gasteiger partial charge in [0.1, 0.15) is 11.0 Å². The summed E-state index contributed by atoms with van der Waals surface area (Å²) in [5.41, 5.74) is 0. The lowest BCUT2D eigenvalue weighted by Gasteiger charge is -2.03. The Balaban J connectivity index is 1.74. The second-order valence-electron chi connectivity index (χ2n) is 3.33. The van der Waals surface area contributed by atoms with Gasteiger partial charge in [0.15, 0.2) is 5.82 Å². The summed E-state index contributed by atoms with van der Waals surface area (Å²) in [4.78, 5) is 8.09. The van der Waals surface area contributed by atoms with E-state index < -0.39 is 0 Å². The standard InChI is InChI=1S/C9H12ClN5O/c1-15-7(10)4-12-9(15)5-11-3-2-8-13-6-16-14-8/h4,6,11H,2-3,5H2,1H3. The highest BCUT2D eigenvalue weighted by Crippen LogP contribution is 2.08. The first-order valence-electron chi connectivity index (χ1n) is 4.89. The topological polar surface area (TPSA) is 68.8 Å². The number of hydrogen-bond donors (Lipinski definition) is 1. The third-order valence-electron chi connectivity index (χ3n) is 2.24. The van der Waals surface area contributed by atoms with Gasteiger partial charge in [0, 0.05) is 20.0 Å². The highest BCUT2D eigenvalue weighted by molar-refractivity contribution is 6.29. The molecule has 0 aliphatic rings. The quantitative estimate of drug-likeness (QED) is 0.784. The zero-order valence-electron chi connectivity index (χ0n) is 8.85. The average molecular weight is 242 g/mol. The summed E-state index contributed by atoms with van der Waals surface area (Å²) in [6.07, 6.45) is 3.69. The van der Waals surface area contributed by atoms with Gasteiger partial charge < -0.3 is 14.4 Å². The van der Waals surface area contributed by atoms with Gasteiger partial charge in [-0.25, -0.2) is 4.98 Å². The van der Waals surface area contributed by atoms with Crippen LogP contribution in [0, 0.1) is 0 Å². The van der Waals surface area contributed by atoms with Gasteiger partial charge in [-0.2, -0.15) is 4.98 Å². The molecule has 2 aromatic rings. The molecule has 0 aromatic carbocycles. The van der Waals surface area contributed by atoms with Crippen LogP contribution in [0.4, 0.5) is 0 Å². The molecule has 0 aliphatic carbocycles. The summed E-state index contributed by atoms with van der Waals surface area (Å²) < 4.78 is 6.47. The lowest BCUT2D eigenvalue weighted by atomic mass is 10.4. The van der Waals surface area contributed by atoms with Crippen molar-refractivity contribution in [3.63, 3.8) is 0 Å². The van der Waals surface area contributed by atoms with E-state index in [4.69, 9.17) is 11.6 Å². The van der Waals surface area contributed by atoms with Gasteiger partial charge in [0.2, 0.25) is 6.39 Å². The molecule has 0 fully saturated rings. The Morgan fingerprint density at radius 3 is 3.00 bits per heavy atom. The number of nitrogens with zero attached hydrogens (tertiary/aromatic N) is 4. The van der Waals surface area contributed by atoms with Crippen LogP contribution in [0.3, 0.4) is 0 Å². The van der Waals surface area contributed by atoms with Crippen molar-refractivity contribution in [2.75, 3.05) is 6.54 Å². The fraction of sp³-hybridized carbons (Fsp3) is 0.444. The summed E-state index contributed by atoms with van der Waals surface area (Å²) in [7, 11) is 1.88. The first-order valence-corrected chi connectivity index (χ1v) is 5.27. The Labute approximate surface area is 97.6 Å². The minimum Gasteiger partial charge on any atom is -0.343 e. The Kier molecular flexibility index (Phi) is 3.53. The van der Waals surface area contributed by atoms with Gasteiger partial charge in [-0.15, -0.1) is 0 Å². The molecule has 2 heterocycles. The first-order chi connectivity index (χ1) is 7.77. The summed E-state index contributed by atoms with van der Waals surface area (Å²) in [6, 6.07) is 0. The molecule has 1 N–H and O–H groups in total. The predicted octanol–water partition coefficient (Wildman–Crippen LogP) is 0.789. The molecule has 0 atom stereocenters. The van der Waals surface area contributed by atoms with E-state index >= 15 is 0 Å². The van der Waals surface area contributed by atoms with Gasteiger partial charge >= 0.3 is 0 Å². The summed E-state index contributed by atoms with van der Waals surface area (Å²) in [6.45, 7) is 1.44. The molecule has 16 heavy (non-hydrogen) atoms. The van der Waals surface area contributed by atoms with Crippen LogP contribution in [0.2, 0.25) is 5.15 Å². The zero-order valence-corrected chi connectivity index (χ0v) is 9.61. The van der Waals surface area contributed by atoms with E-state index in [-0.39, 0.29) is 0 Å². The molecule has 6 nitrogen and oxygen atoms in total. The van der Waals surface area contributed by atoms with Gasteiger partial charge in [0.25, 0.3) is 0 Å². The molecule has 0 amide bonds. The van der Waals surface area contributed by atoms with Crippen LogP contribution in [0.1, 0.15) is 11.6 Å². The van der Waals surface area contributed by atoms with Crippen LogP contribution in [0.25, 0.3) is 0 Å². The normalized spacial score (nSPS) is 10.9.